The van der Waals surface area contributed by atoms with E-state index in [0.717, 1.165) is 29.6 Å². The molecule has 4 atom stereocenters. The van der Waals surface area contributed by atoms with Gasteiger partial charge in [-0.05, 0) is 42.4 Å². The van der Waals surface area contributed by atoms with Gasteiger partial charge in [0.1, 0.15) is 0 Å². The Morgan fingerprint density at radius 2 is 1.53 bits per heavy atom. The molecule has 0 amide bonds. The normalized spacial score (nSPS) is 37.4. The molecule has 0 aromatic carbocycles. The maximum absolute atomic E-state index is 2.55. The predicted molar refractivity (Wildman–Crippen MR) is 85.3 cm³/mol. The molecule has 19 heavy (non-hydrogen) atoms. The van der Waals surface area contributed by atoms with Crippen molar-refractivity contribution in [2.75, 3.05) is 0 Å². The van der Waals surface area contributed by atoms with Gasteiger partial charge in [0.05, 0.1) is 0 Å². The first-order valence-electron chi connectivity index (χ1n) is 9.20. The molecule has 2 saturated carbocycles. The smallest absolute Gasteiger partial charge is 0.0383 e. The molecule has 0 bridgehead atoms. The third-order valence-electron chi connectivity index (χ3n) is 6.33. The highest BCUT2D eigenvalue weighted by Crippen LogP contribution is 2.42. The molecule has 2 aliphatic carbocycles. The Bertz CT molecular complexity index is 238. The van der Waals surface area contributed by atoms with Crippen molar-refractivity contribution in [3.8, 4) is 0 Å². The second kappa shape index (κ2) is 7.70. The summed E-state index contributed by atoms with van der Waals surface area (Å²) < 4.78 is 0. The molecule has 0 heterocycles. The van der Waals surface area contributed by atoms with Crippen LogP contribution in [0.4, 0.5) is 0 Å². The molecule has 2 rings (SSSR count). The molecule has 2 fully saturated rings. The van der Waals surface area contributed by atoms with E-state index in [1.165, 1.54) is 70.6 Å². The Morgan fingerprint density at radius 1 is 0.842 bits per heavy atom. The van der Waals surface area contributed by atoms with Crippen LogP contribution in [0.15, 0.2) is 0 Å². The molecule has 2 aliphatic rings. The summed E-state index contributed by atoms with van der Waals surface area (Å²) in [7, 11) is 0. The van der Waals surface area contributed by atoms with Gasteiger partial charge in [0, 0.05) is 0 Å². The van der Waals surface area contributed by atoms with Crippen LogP contribution in [-0.2, 0) is 0 Å². The van der Waals surface area contributed by atoms with Gasteiger partial charge in [0.2, 0.25) is 0 Å². The molecule has 0 radical (unpaired) electrons. The van der Waals surface area contributed by atoms with Crippen LogP contribution >= 0.6 is 0 Å². The summed E-state index contributed by atoms with van der Waals surface area (Å²) in [5, 5.41) is 0. The Labute approximate surface area is 121 Å². The van der Waals surface area contributed by atoms with Crippen LogP contribution in [-0.4, -0.2) is 0 Å². The molecular formula is C19H36. The molecule has 0 heteroatoms. The van der Waals surface area contributed by atoms with Crippen molar-refractivity contribution in [1.29, 1.82) is 0 Å². The number of rotatable bonds is 5. The van der Waals surface area contributed by atoms with Gasteiger partial charge in [0.25, 0.3) is 0 Å². The van der Waals surface area contributed by atoms with E-state index in [0.29, 0.717) is 0 Å². The molecule has 4 unspecified atom stereocenters. The molecule has 0 saturated heterocycles. The molecule has 0 aromatic heterocycles. The average Bonchev–Trinajstić information content (AvgIpc) is 2.43. The van der Waals surface area contributed by atoms with Gasteiger partial charge >= 0.3 is 0 Å². The van der Waals surface area contributed by atoms with Crippen molar-refractivity contribution in [3.63, 3.8) is 0 Å². The molecule has 0 spiro atoms. The van der Waals surface area contributed by atoms with E-state index in [9.17, 15) is 0 Å². The lowest BCUT2D eigenvalue weighted by molar-refractivity contribution is 0.112. The Morgan fingerprint density at radius 3 is 2.21 bits per heavy atom. The molecular weight excluding hydrogens is 228 g/mol. The average molecular weight is 264 g/mol. The summed E-state index contributed by atoms with van der Waals surface area (Å²) in [4.78, 5) is 0. The minimum absolute atomic E-state index is 0.987. The zero-order valence-electron chi connectivity index (χ0n) is 13.7. The Hall–Kier alpha value is 0. The van der Waals surface area contributed by atoms with Crippen molar-refractivity contribution >= 4 is 0 Å². The maximum Gasteiger partial charge on any atom is -0.0383 e. The second-order valence-corrected chi connectivity index (χ2v) is 7.80. The lowest BCUT2D eigenvalue weighted by Crippen LogP contribution is -2.29. The van der Waals surface area contributed by atoms with E-state index >= 15 is 0 Å². The monoisotopic (exact) mass is 264 g/mol. The van der Waals surface area contributed by atoms with Gasteiger partial charge in [-0.2, -0.15) is 0 Å². The highest BCUT2D eigenvalue weighted by atomic mass is 14.4. The minimum Gasteiger partial charge on any atom is -0.0651 e. The fourth-order valence-electron chi connectivity index (χ4n) is 5.01. The highest BCUT2D eigenvalue weighted by Gasteiger charge is 2.31. The quantitative estimate of drug-likeness (QED) is 0.535. The van der Waals surface area contributed by atoms with E-state index < -0.39 is 0 Å². The molecule has 112 valence electrons. The fraction of sp³-hybridized carbons (Fsp3) is 1.00. The zero-order valence-corrected chi connectivity index (χ0v) is 13.7. The van der Waals surface area contributed by atoms with Gasteiger partial charge in [-0.25, -0.2) is 0 Å². The van der Waals surface area contributed by atoms with Crippen molar-refractivity contribution in [1.82, 2.24) is 0 Å². The first-order chi connectivity index (χ1) is 9.20. The zero-order chi connectivity index (χ0) is 13.7. The van der Waals surface area contributed by atoms with Gasteiger partial charge in [-0.1, -0.05) is 78.6 Å². The third-order valence-corrected chi connectivity index (χ3v) is 6.33. The first-order valence-corrected chi connectivity index (χ1v) is 9.20. The van der Waals surface area contributed by atoms with Crippen molar-refractivity contribution in [2.45, 2.75) is 91.4 Å². The van der Waals surface area contributed by atoms with E-state index in [2.05, 4.69) is 20.8 Å². The summed E-state index contributed by atoms with van der Waals surface area (Å²) in [6.45, 7) is 7.44. The van der Waals surface area contributed by atoms with Crippen LogP contribution in [0.1, 0.15) is 91.4 Å². The van der Waals surface area contributed by atoms with Gasteiger partial charge < -0.3 is 0 Å². The lowest BCUT2D eigenvalue weighted by Gasteiger charge is -2.39. The topological polar surface area (TPSA) is 0 Å². The Balaban J connectivity index is 1.71. The maximum atomic E-state index is 2.55. The van der Waals surface area contributed by atoms with Crippen LogP contribution < -0.4 is 0 Å². The third kappa shape index (κ3) is 4.50. The summed E-state index contributed by atoms with van der Waals surface area (Å²) >= 11 is 0. The van der Waals surface area contributed by atoms with Crippen LogP contribution in [0, 0.1) is 29.6 Å². The summed E-state index contributed by atoms with van der Waals surface area (Å²) in [6.07, 6.45) is 16.6. The van der Waals surface area contributed by atoms with Crippen molar-refractivity contribution in [2.24, 2.45) is 29.6 Å². The molecule has 0 nitrogen and oxygen atoms in total. The number of hydrogen-bond donors (Lipinski definition) is 0. The lowest BCUT2D eigenvalue weighted by atomic mass is 9.66. The molecule has 0 aliphatic heterocycles. The van der Waals surface area contributed by atoms with E-state index in [-0.39, 0.29) is 0 Å². The van der Waals surface area contributed by atoms with Crippen molar-refractivity contribution < 1.29 is 0 Å². The SMILES string of the molecule is CCC1CC(C)CC(CCCC2CCCCC2)C1C. The minimum atomic E-state index is 0.987. The van der Waals surface area contributed by atoms with E-state index in [4.69, 9.17) is 0 Å². The number of hydrogen-bond acceptors (Lipinski definition) is 0. The van der Waals surface area contributed by atoms with Crippen LogP contribution in [0.25, 0.3) is 0 Å². The largest absolute Gasteiger partial charge is 0.0651 e. The first kappa shape index (κ1) is 15.4. The van der Waals surface area contributed by atoms with Crippen LogP contribution in [0.2, 0.25) is 0 Å². The van der Waals surface area contributed by atoms with E-state index in [1.54, 1.807) is 0 Å². The fourth-order valence-corrected chi connectivity index (χ4v) is 5.01. The second-order valence-electron chi connectivity index (χ2n) is 7.80. The van der Waals surface area contributed by atoms with Crippen molar-refractivity contribution in [3.05, 3.63) is 0 Å². The van der Waals surface area contributed by atoms with E-state index in [1.807, 2.05) is 0 Å². The summed E-state index contributed by atoms with van der Waals surface area (Å²) in [6, 6.07) is 0. The molecule has 0 N–H and O–H groups in total. The predicted octanol–water partition coefficient (Wildman–Crippen LogP) is 6.45. The van der Waals surface area contributed by atoms with Crippen LogP contribution in [0.3, 0.4) is 0 Å². The molecule has 0 aromatic rings. The van der Waals surface area contributed by atoms with Gasteiger partial charge in [-0.3, -0.25) is 0 Å². The van der Waals surface area contributed by atoms with Gasteiger partial charge in [0.15, 0.2) is 0 Å². The highest BCUT2D eigenvalue weighted by molar-refractivity contribution is 4.82. The summed E-state index contributed by atoms with van der Waals surface area (Å²) in [5.41, 5.74) is 0. The van der Waals surface area contributed by atoms with Gasteiger partial charge in [-0.15, -0.1) is 0 Å². The standard InChI is InChI=1S/C19H36/c1-4-18-13-15(2)14-19(16(18)3)12-8-11-17-9-6-5-7-10-17/h15-19H,4-14H2,1-3H3. The Kier molecular flexibility index (Phi) is 6.23. The summed E-state index contributed by atoms with van der Waals surface area (Å²) in [5.74, 6) is 5.13. The van der Waals surface area contributed by atoms with Crippen LogP contribution in [0.5, 0.6) is 0 Å².